The van der Waals surface area contributed by atoms with E-state index in [2.05, 4.69) is 10.1 Å². The van der Waals surface area contributed by atoms with Crippen molar-refractivity contribution in [2.24, 2.45) is 5.92 Å². The van der Waals surface area contributed by atoms with Crippen molar-refractivity contribution >= 4 is 23.8 Å². The van der Waals surface area contributed by atoms with Crippen molar-refractivity contribution in [2.45, 2.75) is 57.4 Å². The van der Waals surface area contributed by atoms with Gasteiger partial charge in [0.25, 0.3) is 5.91 Å². The van der Waals surface area contributed by atoms with Gasteiger partial charge in [-0.15, -0.1) is 0 Å². The maximum absolute atomic E-state index is 12.8. The van der Waals surface area contributed by atoms with Gasteiger partial charge in [-0.1, -0.05) is 20.3 Å². The van der Waals surface area contributed by atoms with Crippen molar-refractivity contribution in [1.82, 2.24) is 10.2 Å². The number of carboxylic acid groups (broad SMARTS) is 1. The molecule has 2 rings (SSSR count). The highest BCUT2D eigenvalue weighted by atomic mass is 16.6. The molecule has 0 aromatic rings. The summed E-state index contributed by atoms with van der Waals surface area (Å²) in [5.74, 6) is -2.86. The van der Waals surface area contributed by atoms with E-state index in [9.17, 15) is 24.3 Å². The Balaban J connectivity index is 2.06. The van der Waals surface area contributed by atoms with Gasteiger partial charge in [-0.3, -0.25) is 9.59 Å². The van der Waals surface area contributed by atoms with E-state index in [0.717, 1.165) is 0 Å². The van der Waals surface area contributed by atoms with Crippen molar-refractivity contribution < 1.29 is 33.8 Å². The van der Waals surface area contributed by atoms with E-state index in [-0.39, 0.29) is 5.92 Å². The van der Waals surface area contributed by atoms with Crippen LogP contribution in [0.3, 0.4) is 0 Å². The minimum Gasteiger partial charge on any atom is -0.480 e. The molecule has 9 nitrogen and oxygen atoms in total. The van der Waals surface area contributed by atoms with Crippen LogP contribution < -0.4 is 5.32 Å². The second-order valence-corrected chi connectivity index (χ2v) is 6.40. The fourth-order valence-corrected chi connectivity index (χ4v) is 2.99. The summed E-state index contributed by atoms with van der Waals surface area (Å²) in [6, 6.07) is -1.73. The van der Waals surface area contributed by atoms with E-state index in [0.29, 0.717) is 25.8 Å². The number of carbonyl (C=O) groups excluding carboxylic acids is 3. The van der Waals surface area contributed by atoms with E-state index in [1.54, 1.807) is 6.92 Å². The molecule has 140 valence electrons. The fraction of sp³-hybridized carbons (Fsp3) is 0.750. The minimum atomic E-state index is -1.05. The lowest BCUT2D eigenvalue weighted by Gasteiger charge is -2.30. The predicted octanol–water partition coefficient (Wildman–Crippen LogP) is -0.467. The summed E-state index contributed by atoms with van der Waals surface area (Å²) in [6.07, 6.45) is -0.288. The summed E-state index contributed by atoms with van der Waals surface area (Å²) in [5, 5.41) is 11.9. The number of carboxylic acids is 1. The van der Waals surface area contributed by atoms with Crippen LogP contribution in [0.5, 0.6) is 0 Å². The second kappa shape index (κ2) is 7.81. The highest BCUT2D eigenvalue weighted by Crippen LogP contribution is 2.25. The molecule has 2 saturated heterocycles. The molecule has 2 aliphatic heterocycles. The molecular formula is C16H24N2O7. The molecule has 0 aliphatic carbocycles. The maximum atomic E-state index is 12.8. The summed E-state index contributed by atoms with van der Waals surface area (Å²) in [4.78, 5) is 49.1. The zero-order valence-corrected chi connectivity index (χ0v) is 14.6. The van der Waals surface area contributed by atoms with Crippen molar-refractivity contribution in [3.63, 3.8) is 0 Å². The van der Waals surface area contributed by atoms with Crippen LogP contribution >= 0.6 is 0 Å². The number of nitrogens with one attached hydrogen (secondary N) is 1. The number of likely N-dealkylation sites (tertiary alicyclic amines) is 1. The van der Waals surface area contributed by atoms with Crippen LogP contribution in [0.15, 0.2) is 0 Å². The molecule has 0 bridgehead atoms. The number of carbonyl (C=O) groups is 4. The van der Waals surface area contributed by atoms with Crippen LogP contribution in [0.1, 0.15) is 33.1 Å². The molecule has 5 atom stereocenters. The average molecular weight is 356 g/mol. The lowest BCUT2D eigenvalue weighted by molar-refractivity contribution is -0.150. The first-order chi connectivity index (χ1) is 11.8. The van der Waals surface area contributed by atoms with Gasteiger partial charge in [0.2, 0.25) is 5.91 Å². The number of epoxide rings is 1. The molecule has 0 spiro atoms. The largest absolute Gasteiger partial charge is 0.480 e. The van der Waals surface area contributed by atoms with E-state index >= 15 is 0 Å². The topological polar surface area (TPSA) is 126 Å². The van der Waals surface area contributed by atoms with Gasteiger partial charge in [-0.2, -0.15) is 0 Å². The lowest BCUT2D eigenvalue weighted by Crippen LogP contribution is -2.55. The first kappa shape index (κ1) is 19.2. The third kappa shape index (κ3) is 4.09. The standard InChI is InChI=1S/C16H24N2O7/c1-4-8(2)10(14(20)18-7-5-6-9(18)15(21)22)17-13(19)11-12(25-11)16(23)24-3/h8-12H,4-7H2,1-3H3,(H,17,19)(H,21,22)/t8?,9-,10-,11?,12?/m0/s1. The first-order valence-corrected chi connectivity index (χ1v) is 8.38. The van der Waals surface area contributed by atoms with Crippen LogP contribution in [-0.2, 0) is 28.7 Å². The van der Waals surface area contributed by atoms with E-state index in [4.69, 9.17) is 4.74 Å². The van der Waals surface area contributed by atoms with Gasteiger partial charge in [0, 0.05) is 6.54 Å². The van der Waals surface area contributed by atoms with E-state index < -0.39 is 48.0 Å². The monoisotopic (exact) mass is 356 g/mol. The molecule has 2 heterocycles. The van der Waals surface area contributed by atoms with Crippen molar-refractivity contribution in [1.29, 1.82) is 0 Å². The van der Waals surface area contributed by atoms with Crippen LogP contribution in [-0.4, -0.2) is 71.7 Å². The molecule has 0 aromatic carbocycles. The SMILES string of the molecule is CCC(C)[C@H](NC(=O)C1OC1C(=O)OC)C(=O)N1CCC[C@H]1C(=O)O. The van der Waals surface area contributed by atoms with Crippen LogP contribution in [0, 0.1) is 5.92 Å². The summed E-state index contributed by atoms with van der Waals surface area (Å²) >= 11 is 0. The molecule has 2 aliphatic rings. The minimum absolute atomic E-state index is 0.193. The van der Waals surface area contributed by atoms with Gasteiger partial charge in [0.15, 0.2) is 12.2 Å². The second-order valence-electron chi connectivity index (χ2n) is 6.40. The third-order valence-corrected chi connectivity index (χ3v) is 4.78. The number of methoxy groups -OCH3 is 1. The molecule has 0 radical (unpaired) electrons. The maximum Gasteiger partial charge on any atom is 0.338 e. The molecular weight excluding hydrogens is 332 g/mol. The number of aliphatic carboxylic acids is 1. The Kier molecular flexibility index (Phi) is 5.99. The summed E-state index contributed by atoms with van der Waals surface area (Å²) < 4.78 is 9.52. The van der Waals surface area contributed by atoms with Gasteiger partial charge < -0.3 is 24.8 Å². The molecule has 2 N–H and O–H groups in total. The average Bonchev–Trinajstić information content (AvgIpc) is 3.25. The Labute approximate surface area is 145 Å². The lowest BCUT2D eigenvalue weighted by atomic mass is 9.97. The predicted molar refractivity (Wildman–Crippen MR) is 84.4 cm³/mol. The molecule has 0 aromatic heterocycles. The summed E-state index contributed by atoms with van der Waals surface area (Å²) in [7, 11) is 1.20. The highest BCUT2D eigenvalue weighted by molar-refractivity contribution is 5.96. The zero-order valence-electron chi connectivity index (χ0n) is 14.6. The van der Waals surface area contributed by atoms with Crippen LogP contribution in [0.2, 0.25) is 0 Å². The molecule has 0 saturated carbocycles. The van der Waals surface area contributed by atoms with Crippen molar-refractivity contribution in [2.75, 3.05) is 13.7 Å². The molecule has 9 heteroatoms. The number of hydrogen-bond acceptors (Lipinski definition) is 6. The molecule has 2 amide bonds. The Bertz CT molecular complexity index is 565. The van der Waals surface area contributed by atoms with Gasteiger partial charge in [-0.05, 0) is 18.8 Å². The number of hydrogen-bond donors (Lipinski definition) is 2. The molecule has 2 fully saturated rings. The number of ether oxygens (including phenoxy) is 2. The van der Waals surface area contributed by atoms with Gasteiger partial charge in [0.1, 0.15) is 12.1 Å². The fourth-order valence-electron chi connectivity index (χ4n) is 2.99. The van der Waals surface area contributed by atoms with Crippen LogP contribution in [0.25, 0.3) is 0 Å². The van der Waals surface area contributed by atoms with E-state index in [1.165, 1.54) is 12.0 Å². The summed E-state index contributed by atoms with van der Waals surface area (Å²) in [5.41, 5.74) is 0. The Morgan fingerprint density at radius 3 is 2.56 bits per heavy atom. The number of nitrogens with zero attached hydrogens (tertiary/aromatic N) is 1. The zero-order chi connectivity index (χ0) is 18.7. The smallest absolute Gasteiger partial charge is 0.338 e. The van der Waals surface area contributed by atoms with Gasteiger partial charge in [-0.25, -0.2) is 9.59 Å². The van der Waals surface area contributed by atoms with Gasteiger partial charge >= 0.3 is 11.9 Å². The quantitative estimate of drug-likeness (QED) is 0.467. The molecule has 25 heavy (non-hydrogen) atoms. The normalized spacial score (nSPS) is 27.3. The van der Waals surface area contributed by atoms with Crippen LogP contribution in [0.4, 0.5) is 0 Å². The Morgan fingerprint density at radius 1 is 1.32 bits per heavy atom. The van der Waals surface area contributed by atoms with E-state index in [1.807, 2.05) is 6.92 Å². The number of rotatable bonds is 7. The summed E-state index contributed by atoms with van der Waals surface area (Å²) in [6.45, 7) is 4.03. The van der Waals surface area contributed by atoms with Crippen molar-refractivity contribution in [3.05, 3.63) is 0 Å². The Morgan fingerprint density at radius 2 is 2.00 bits per heavy atom. The number of esters is 1. The number of amides is 2. The van der Waals surface area contributed by atoms with Crippen molar-refractivity contribution in [3.8, 4) is 0 Å². The highest BCUT2D eigenvalue weighted by Gasteiger charge is 2.52. The Hall–Kier alpha value is -2.16. The van der Waals surface area contributed by atoms with Gasteiger partial charge in [0.05, 0.1) is 7.11 Å². The third-order valence-electron chi connectivity index (χ3n) is 4.78. The molecule has 3 unspecified atom stereocenters. The first-order valence-electron chi connectivity index (χ1n) is 8.38.